The minimum Gasteiger partial charge on any atom is -0.489 e. The highest BCUT2D eigenvalue weighted by Crippen LogP contribution is 2.27. The molecule has 38 heavy (non-hydrogen) atoms. The molecular weight excluding hydrogens is 545 g/mol. The number of fused-ring (bicyclic) bond motifs is 1. The van der Waals surface area contributed by atoms with Crippen LogP contribution >= 0.6 is 23.2 Å². The number of H-pyrrole nitrogens is 1. The van der Waals surface area contributed by atoms with Crippen molar-refractivity contribution >= 4 is 58.5 Å². The zero-order chi connectivity index (χ0) is 27.4. The highest BCUT2D eigenvalue weighted by molar-refractivity contribution is 6.35. The maximum atomic E-state index is 12.6. The van der Waals surface area contributed by atoms with Gasteiger partial charge in [0.2, 0.25) is 5.95 Å². The molecule has 0 fully saturated rings. The first-order valence-corrected chi connectivity index (χ1v) is 11.5. The fraction of sp³-hybridized carbons (Fsp3) is 0.182. The fourth-order valence-electron chi connectivity index (χ4n) is 3.35. The Bertz CT molecular complexity index is 1670. The minimum atomic E-state index is -1.13. The molecule has 14 nitrogen and oxygen atoms in total. The molecule has 0 bridgehead atoms. The lowest BCUT2D eigenvalue weighted by Crippen LogP contribution is -2.30. The summed E-state index contributed by atoms with van der Waals surface area (Å²) in [5.74, 6) is 0.196. The Morgan fingerprint density at radius 2 is 2.13 bits per heavy atom. The van der Waals surface area contributed by atoms with Crippen molar-refractivity contribution in [1.82, 2.24) is 19.1 Å². The molecule has 0 unspecified atom stereocenters. The molecule has 198 valence electrons. The van der Waals surface area contributed by atoms with Gasteiger partial charge in [-0.25, -0.2) is 10.2 Å². The third kappa shape index (κ3) is 5.94. The average molecular weight is 564 g/mol. The number of nitrogens with one attached hydrogen (secondary N) is 2. The first-order valence-electron chi connectivity index (χ1n) is 10.8. The van der Waals surface area contributed by atoms with Gasteiger partial charge < -0.3 is 18.8 Å². The van der Waals surface area contributed by atoms with Crippen LogP contribution in [0.2, 0.25) is 10.0 Å². The summed E-state index contributed by atoms with van der Waals surface area (Å²) in [5, 5.41) is 26.0. The zero-order valence-electron chi connectivity index (χ0n) is 19.5. The average Bonchev–Trinajstić information content (AvgIpc) is 3.48. The van der Waals surface area contributed by atoms with E-state index in [4.69, 9.17) is 32.4 Å². The monoisotopic (exact) mass is 563 g/mol. The molecule has 0 aliphatic carbocycles. The van der Waals surface area contributed by atoms with Crippen molar-refractivity contribution in [2.45, 2.75) is 12.6 Å². The lowest BCUT2D eigenvalue weighted by molar-refractivity contribution is -0.402. The number of halogens is 2. The summed E-state index contributed by atoms with van der Waals surface area (Å²) in [7, 11) is 1.43. The SMILES string of the molecule is Cn1c(=O)[nH]c(=O)c2c1nc(N/N=C\C=C/c1ccc([N+](=O)[O-])o1)n2C[C@H](O)COc1ccc(Cl)cc1Cl. The van der Waals surface area contributed by atoms with Gasteiger partial charge in [-0.3, -0.25) is 24.5 Å². The van der Waals surface area contributed by atoms with Crippen LogP contribution in [0.4, 0.5) is 11.8 Å². The number of nitrogens with zero attached hydrogens (tertiary/aromatic N) is 5. The third-order valence-corrected chi connectivity index (χ3v) is 5.63. The molecule has 0 saturated carbocycles. The van der Waals surface area contributed by atoms with Gasteiger partial charge in [0.05, 0.1) is 17.6 Å². The summed E-state index contributed by atoms with van der Waals surface area (Å²) < 4.78 is 13.1. The molecule has 1 aromatic carbocycles. The molecule has 0 amide bonds. The highest BCUT2D eigenvalue weighted by atomic mass is 35.5. The van der Waals surface area contributed by atoms with Crippen molar-refractivity contribution in [3.05, 3.63) is 83.2 Å². The number of rotatable bonds is 10. The molecule has 3 aromatic heterocycles. The molecule has 0 aliphatic rings. The van der Waals surface area contributed by atoms with E-state index >= 15 is 0 Å². The van der Waals surface area contributed by atoms with Crippen LogP contribution in [0.15, 0.2) is 55.5 Å². The smallest absolute Gasteiger partial charge is 0.433 e. The molecule has 3 heterocycles. The maximum Gasteiger partial charge on any atom is 0.433 e. The number of aliphatic hydroxyl groups excluding tert-OH is 1. The van der Waals surface area contributed by atoms with Crippen LogP contribution in [-0.4, -0.2) is 48.1 Å². The number of aryl methyl sites for hydroxylation is 1. The van der Waals surface area contributed by atoms with Crippen LogP contribution in [0.25, 0.3) is 17.2 Å². The van der Waals surface area contributed by atoms with Crippen molar-refractivity contribution in [2.75, 3.05) is 12.0 Å². The first-order chi connectivity index (χ1) is 18.1. The molecule has 4 aromatic rings. The van der Waals surface area contributed by atoms with Gasteiger partial charge in [0.25, 0.3) is 5.56 Å². The first kappa shape index (κ1) is 26.7. The van der Waals surface area contributed by atoms with Crippen molar-refractivity contribution in [1.29, 1.82) is 0 Å². The quantitative estimate of drug-likeness (QED) is 0.148. The Labute approximate surface area is 222 Å². The minimum absolute atomic E-state index is 0.0202. The molecule has 4 rings (SSSR count). The Balaban J connectivity index is 1.54. The van der Waals surface area contributed by atoms with Gasteiger partial charge in [-0.15, -0.1) is 0 Å². The van der Waals surface area contributed by atoms with Gasteiger partial charge in [0, 0.05) is 18.3 Å². The van der Waals surface area contributed by atoms with Crippen molar-refractivity contribution in [2.24, 2.45) is 12.1 Å². The summed E-state index contributed by atoms with van der Waals surface area (Å²) in [6.45, 7) is -0.349. The number of aliphatic hydroxyl groups is 1. The second kappa shape index (κ2) is 11.3. The van der Waals surface area contributed by atoms with Gasteiger partial charge in [-0.2, -0.15) is 10.1 Å². The van der Waals surface area contributed by atoms with E-state index < -0.39 is 28.2 Å². The van der Waals surface area contributed by atoms with Crippen LogP contribution in [0.1, 0.15) is 5.76 Å². The number of furan rings is 1. The molecule has 0 spiro atoms. The van der Waals surface area contributed by atoms with Gasteiger partial charge in [-0.1, -0.05) is 23.2 Å². The van der Waals surface area contributed by atoms with E-state index in [2.05, 4.69) is 20.5 Å². The van der Waals surface area contributed by atoms with Gasteiger partial charge in [-0.05, 0) is 36.4 Å². The Hall–Kier alpha value is -4.40. The number of hydrogen-bond acceptors (Lipinski definition) is 10. The summed E-state index contributed by atoms with van der Waals surface area (Å²) in [4.78, 5) is 41.2. The van der Waals surface area contributed by atoms with Crippen LogP contribution in [0.3, 0.4) is 0 Å². The summed E-state index contributed by atoms with van der Waals surface area (Å²) >= 11 is 12.0. The topological polar surface area (TPSA) is 183 Å². The summed E-state index contributed by atoms with van der Waals surface area (Å²) in [6.07, 6.45) is 3.07. The van der Waals surface area contributed by atoms with E-state index in [1.807, 2.05) is 0 Å². The molecule has 0 saturated heterocycles. The maximum absolute atomic E-state index is 12.6. The number of allylic oxidation sites excluding steroid dienone is 1. The van der Waals surface area contributed by atoms with Crippen LogP contribution in [0, 0.1) is 10.1 Å². The second-order valence-electron chi connectivity index (χ2n) is 7.76. The normalized spacial score (nSPS) is 12.5. The number of ether oxygens (including phenoxy) is 1. The number of imidazole rings is 1. The molecular formula is C22H19Cl2N7O7. The standard InChI is InChI=1S/C22H19Cl2N7O7/c1-29-19-18(20(33)27-22(29)34)30(10-13(32)11-37-16-6-4-12(23)9-15(16)24)21(26-19)28-25-8-2-3-14-5-7-17(38-14)31(35)36/h2-9,13,32H,10-11H2,1H3,(H,26,28)(H,27,33,34)/b3-2-,25-8-/t13-/m0/s1. The van der Waals surface area contributed by atoms with Crippen molar-refractivity contribution in [3.63, 3.8) is 0 Å². The predicted molar refractivity (Wildman–Crippen MR) is 140 cm³/mol. The Morgan fingerprint density at radius 3 is 2.84 bits per heavy atom. The fourth-order valence-corrected chi connectivity index (χ4v) is 3.81. The highest BCUT2D eigenvalue weighted by Gasteiger charge is 2.20. The zero-order valence-corrected chi connectivity index (χ0v) is 21.0. The summed E-state index contributed by atoms with van der Waals surface area (Å²) in [6, 6.07) is 7.27. The Morgan fingerprint density at radius 1 is 1.34 bits per heavy atom. The molecule has 16 heteroatoms. The number of hydrogen-bond donors (Lipinski definition) is 3. The van der Waals surface area contributed by atoms with E-state index in [-0.39, 0.29) is 41.0 Å². The van der Waals surface area contributed by atoms with E-state index in [9.17, 15) is 24.8 Å². The second-order valence-corrected chi connectivity index (χ2v) is 8.60. The van der Waals surface area contributed by atoms with Gasteiger partial charge in [0.15, 0.2) is 11.2 Å². The van der Waals surface area contributed by atoms with Crippen molar-refractivity contribution in [3.8, 4) is 5.75 Å². The summed E-state index contributed by atoms with van der Waals surface area (Å²) in [5.41, 5.74) is 1.36. The van der Waals surface area contributed by atoms with E-state index in [1.54, 1.807) is 12.1 Å². The number of benzene rings is 1. The Kier molecular flexibility index (Phi) is 7.95. The number of aromatic amines is 1. The molecule has 0 aliphatic heterocycles. The van der Waals surface area contributed by atoms with Crippen LogP contribution in [0.5, 0.6) is 5.75 Å². The lowest BCUT2D eigenvalue weighted by atomic mass is 10.3. The number of nitro groups is 1. The van der Waals surface area contributed by atoms with E-state index in [0.29, 0.717) is 10.8 Å². The van der Waals surface area contributed by atoms with E-state index in [0.717, 1.165) is 4.57 Å². The predicted octanol–water partition coefficient (Wildman–Crippen LogP) is 2.78. The molecule has 3 N–H and O–H groups in total. The molecule has 1 atom stereocenters. The lowest BCUT2D eigenvalue weighted by Gasteiger charge is -2.15. The van der Waals surface area contributed by atoms with Gasteiger partial charge in [0.1, 0.15) is 29.1 Å². The van der Waals surface area contributed by atoms with Crippen molar-refractivity contribution < 1.29 is 19.2 Å². The van der Waals surface area contributed by atoms with Gasteiger partial charge >= 0.3 is 11.6 Å². The third-order valence-electron chi connectivity index (χ3n) is 5.10. The number of aromatic nitrogens is 4. The number of anilines is 1. The number of hydrazone groups is 1. The molecule has 0 radical (unpaired) electrons. The van der Waals surface area contributed by atoms with E-state index in [1.165, 1.54) is 48.2 Å². The van der Waals surface area contributed by atoms with Crippen LogP contribution in [-0.2, 0) is 13.6 Å². The van der Waals surface area contributed by atoms with Crippen LogP contribution < -0.4 is 21.4 Å². The largest absolute Gasteiger partial charge is 0.489 e.